The second kappa shape index (κ2) is 8.99. The van der Waals surface area contributed by atoms with E-state index in [4.69, 9.17) is 0 Å². The van der Waals surface area contributed by atoms with Crippen LogP contribution in [0, 0.1) is 5.92 Å². The first-order valence-corrected chi connectivity index (χ1v) is 8.65. The molecular formula is C19H26F2O2. The van der Waals surface area contributed by atoms with E-state index in [1.807, 2.05) is 12.1 Å². The summed E-state index contributed by atoms with van der Waals surface area (Å²) in [4.78, 5) is 11.6. The van der Waals surface area contributed by atoms with Crippen molar-refractivity contribution in [3.63, 3.8) is 0 Å². The van der Waals surface area contributed by atoms with Crippen molar-refractivity contribution in [2.75, 3.05) is 6.67 Å². The Balaban J connectivity index is 1.87. The standard InChI is InChI=1S/C19H26F2O2/c1-2-3-4-14-5-7-15(8-6-14)16-9-11-17(12-10-16)19(22)23-18(21)13-20/h9-12,14-15,18H,2-8,13H2,1H3/t14-,15-,18?. The fourth-order valence-electron chi connectivity index (χ4n) is 3.38. The maximum absolute atomic E-state index is 12.7. The summed E-state index contributed by atoms with van der Waals surface area (Å²) in [6, 6.07) is 7.12. The van der Waals surface area contributed by atoms with E-state index in [2.05, 4.69) is 11.7 Å². The molecule has 1 aliphatic rings. The predicted octanol–water partition coefficient (Wildman–Crippen LogP) is 5.57. The second-order valence-corrected chi connectivity index (χ2v) is 6.45. The minimum absolute atomic E-state index is 0.265. The normalized spacial score (nSPS) is 22.6. The van der Waals surface area contributed by atoms with Crippen LogP contribution in [-0.4, -0.2) is 19.0 Å². The lowest BCUT2D eigenvalue weighted by Gasteiger charge is -2.28. The van der Waals surface area contributed by atoms with E-state index in [-0.39, 0.29) is 5.56 Å². The van der Waals surface area contributed by atoms with Crippen LogP contribution in [0.25, 0.3) is 0 Å². The molecular weight excluding hydrogens is 298 g/mol. The maximum atomic E-state index is 12.7. The van der Waals surface area contributed by atoms with E-state index in [1.165, 1.54) is 50.5 Å². The minimum Gasteiger partial charge on any atom is -0.425 e. The van der Waals surface area contributed by atoms with Gasteiger partial charge in [-0.1, -0.05) is 38.3 Å². The van der Waals surface area contributed by atoms with Gasteiger partial charge in [0.05, 0.1) is 5.56 Å². The van der Waals surface area contributed by atoms with Crippen LogP contribution in [0.4, 0.5) is 8.78 Å². The number of carbonyl (C=O) groups is 1. The van der Waals surface area contributed by atoms with E-state index < -0.39 is 19.0 Å². The van der Waals surface area contributed by atoms with Crippen LogP contribution in [0.1, 0.15) is 73.7 Å². The Hall–Kier alpha value is -1.45. The molecule has 0 saturated heterocycles. The van der Waals surface area contributed by atoms with Crippen molar-refractivity contribution in [3.05, 3.63) is 35.4 Å². The number of hydrogen-bond acceptors (Lipinski definition) is 2. The van der Waals surface area contributed by atoms with Crippen molar-refractivity contribution in [2.24, 2.45) is 5.92 Å². The van der Waals surface area contributed by atoms with Crippen LogP contribution < -0.4 is 0 Å². The Labute approximate surface area is 137 Å². The molecule has 2 nitrogen and oxygen atoms in total. The Morgan fingerprint density at radius 3 is 2.43 bits per heavy atom. The van der Waals surface area contributed by atoms with Gasteiger partial charge in [0.2, 0.25) is 0 Å². The summed E-state index contributed by atoms with van der Waals surface area (Å²) >= 11 is 0. The van der Waals surface area contributed by atoms with Crippen LogP contribution in [0.3, 0.4) is 0 Å². The monoisotopic (exact) mass is 324 g/mol. The largest absolute Gasteiger partial charge is 0.425 e. The molecule has 1 aliphatic carbocycles. The molecule has 1 unspecified atom stereocenters. The third kappa shape index (κ3) is 5.29. The summed E-state index contributed by atoms with van der Waals surface area (Å²) in [7, 11) is 0. The van der Waals surface area contributed by atoms with Gasteiger partial charge in [-0.3, -0.25) is 0 Å². The van der Waals surface area contributed by atoms with Gasteiger partial charge in [0.15, 0.2) is 6.67 Å². The maximum Gasteiger partial charge on any atom is 0.340 e. The topological polar surface area (TPSA) is 26.3 Å². The molecule has 0 spiro atoms. The Bertz CT molecular complexity index is 479. The molecule has 1 fully saturated rings. The highest BCUT2D eigenvalue weighted by Gasteiger charge is 2.22. The molecule has 128 valence electrons. The number of ether oxygens (including phenoxy) is 1. The summed E-state index contributed by atoms with van der Waals surface area (Å²) in [6.07, 6.45) is 6.66. The van der Waals surface area contributed by atoms with Crippen molar-refractivity contribution >= 4 is 5.97 Å². The van der Waals surface area contributed by atoms with E-state index in [1.54, 1.807) is 12.1 Å². The average molecular weight is 324 g/mol. The molecule has 0 N–H and O–H groups in total. The summed E-state index contributed by atoms with van der Waals surface area (Å²) in [6.45, 7) is 0.919. The lowest BCUT2D eigenvalue weighted by atomic mass is 9.77. The Kier molecular flexibility index (Phi) is 7.00. The lowest BCUT2D eigenvalue weighted by molar-refractivity contribution is -0.0254. The summed E-state index contributed by atoms with van der Waals surface area (Å²) in [5.74, 6) is 0.588. The third-order valence-corrected chi connectivity index (χ3v) is 4.79. The number of halogens is 2. The van der Waals surface area contributed by atoms with Gasteiger partial charge in [0, 0.05) is 0 Å². The molecule has 1 atom stereocenters. The molecule has 0 bridgehead atoms. The van der Waals surface area contributed by atoms with Crippen LogP contribution >= 0.6 is 0 Å². The summed E-state index contributed by atoms with van der Waals surface area (Å²) in [5, 5.41) is 0. The highest BCUT2D eigenvalue weighted by atomic mass is 19.2. The van der Waals surface area contributed by atoms with Crippen molar-refractivity contribution in [1.29, 1.82) is 0 Å². The Morgan fingerprint density at radius 1 is 1.22 bits per heavy atom. The molecule has 0 aromatic heterocycles. The van der Waals surface area contributed by atoms with Gasteiger partial charge in [-0.15, -0.1) is 0 Å². The van der Waals surface area contributed by atoms with Gasteiger partial charge >= 0.3 is 5.97 Å². The molecule has 23 heavy (non-hydrogen) atoms. The molecule has 0 heterocycles. The average Bonchev–Trinajstić information content (AvgIpc) is 2.60. The fourth-order valence-corrected chi connectivity index (χ4v) is 3.38. The molecule has 4 heteroatoms. The van der Waals surface area contributed by atoms with Gasteiger partial charge in [0.25, 0.3) is 6.36 Å². The number of benzene rings is 1. The van der Waals surface area contributed by atoms with Crippen LogP contribution in [-0.2, 0) is 4.74 Å². The quantitative estimate of drug-likeness (QED) is 0.613. The number of unbranched alkanes of at least 4 members (excludes halogenated alkanes) is 1. The van der Waals surface area contributed by atoms with Crippen LogP contribution in [0.2, 0.25) is 0 Å². The van der Waals surface area contributed by atoms with Crippen LogP contribution in [0.5, 0.6) is 0 Å². The van der Waals surface area contributed by atoms with Gasteiger partial charge in [0.1, 0.15) is 0 Å². The zero-order chi connectivity index (χ0) is 16.7. The first-order valence-electron chi connectivity index (χ1n) is 8.65. The van der Waals surface area contributed by atoms with Crippen molar-refractivity contribution in [2.45, 2.75) is 64.1 Å². The summed E-state index contributed by atoms with van der Waals surface area (Å²) in [5.41, 5.74) is 1.49. The number of carbonyl (C=O) groups excluding carboxylic acids is 1. The first-order chi connectivity index (χ1) is 11.1. The van der Waals surface area contributed by atoms with E-state index in [0.717, 1.165) is 5.92 Å². The predicted molar refractivity (Wildman–Crippen MR) is 87.0 cm³/mol. The van der Waals surface area contributed by atoms with E-state index in [9.17, 15) is 13.6 Å². The molecule has 0 aliphatic heterocycles. The van der Waals surface area contributed by atoms with E-state index >= 15 is 0 Å². The molecule has 2 rings (SSSR count). The molecule has 1 aromatic rings. The van der Waals surface area contributed by atoms with Crippen LogP contribution in [0.15, 0.2) is 24.3 Å². The van der Waals surface area contributed by atoms with Gasteiger partial charge in [-0.05, 0) is 55.2 Å². The molecule has 1 saturated carbocycles. The third-order valence-electron chi connectivity index (χ3n) is 4.79. The fraction of sp³-hybridized carbons (Fsp3) is 0.632. The van der Waals surface area contributed by atoms with Crippen molar-refractivity contribution < 1.29 is 18.3 Å². The number of hydrogen-bond donors (Lipinski definition) is 0. The second-order valence-electron chi connectivity index (χ2n) is 6.45. The van der Waals surface area contributed by atoms with Crippen molar-refractivity contribution in [3.8, 4) is 0 Å². The smallest absolute Gasteiger partial charge is 0.340 e. The lowest BCUT2D eigenvalue weighted by Crippen LogP contribution is -2.16. The van der Waals surface area contributed by atoms with Gasteiger partial charge < -0.3 is 4.74 Å². The number of rotatable bonds is 7. The molecule has 0 radical (unpaired) electrons. The van der Waals surface area contributed by atoms with E-state index in [0.29, 0.717) is 5.92 Å². The highest BCUT2D eigenvalue weighted by Crippen LogP contribution is 2.37. The van der Waals surface area contributed by atoms with Crippen molar-refractivity contribution in [1.82, 2.24) is 0 Å². The molecule has 1 aromatic carbocycles. The number of alkyl halides is 2. The van der Waals surface area contributed by atoms with Gasteiger partial charge in [-0.25, -0.2) is 9.18 Å². The van der Waals surface area contributed by atoms with Gasteiger partial charge in [-0.2, -0.15) is 4.39 Å². The first kappa shape index (κ1) is 17.9. The summed E-state index contributed by atoms with van der Waals surface area (Å²) < 4.78 is 29.1. The zero-order valence-corrected chi connectivity index (χ0v) is 13.8. The molecule has 0 amide bonds. The number of esters is 1. The SMILES string of the molecule is CCCC[C@H]1CC[C@H](c2ccc(C(=O)OC(F)CF)cc2)CC1. The Morgan fingerprint density at radius 2 is 1.87 bits per heavy atom. The zero-order valence-electron chi connectivity index (χ0n) is 13.8. The minimum atomic E-state index is -2.18. The highest BCUT2D eigenvalue weighted by molar-refractivity contribution is 5.89.